The number of hydrogen-bond donors (Lipinski definition) is 2. The molecule has 34 heavy (non-hydrogen) atoms. The van der Waals surface area contributed by atoms with E-state index in [-0.39, 0.29) is 21.8 Å². The van der Waals surface area contributed by atoms with Gasteiger partial charge in [-0.3, -0.25) is 19.7 Å². The number of nitrogens with zero attached hydrogens (tertiary/aromatic N) is 1. The highest BCUT2D eigenvalue weighted by atomic mass is 35.5. The molecule has 7 nitrogen and oxygen atoms in total. The molecule has 1 aliphatic rings. The number of hydrogen-bond acceptors (Lipinski definition) is 5. The number of fused-ring (bicyclic) bond motifs is 1. The maximum absolute atomic E-state index is 12.7. The predicted molar refractivity (Wildman–Crippen MR) is 135 cm³/mol. The first-order valence-electron chi connectivity index (χ1n) is 9.70. The van der Waals surface area contributed by atoms with Gasteiger partial charge in [0.05, 0.1) is 32.5 Å². The van der Waals surface area contributed by atoms with Crippen molar-refractivity contribution in [3.8, 4) is 5.75 Å². The fraction of sp³-hybridized carbons (Fsp3) is 0.0435. The van der Waals surface area contributed by atoms with Crippen molar-refractivity contribution in [2.24, 2.45) is 0 Å². The second-order valence-electron chi connectivity index (χ2n) is 7.02. The van der Waals surface area contributed by atoms with Gasteiger partial charge in [0.2, 0.25) is 0 Å². The summed E-state index contributed by atoms with van der Waals surface area (Å²) in [5.74, 6) is -1.09. The van der Waals surface area contributed by atoms with Gasteiger partial charge in [0.25, 0.3) is 17.7 Å². The van der Waals surface area contributed by atoms with E-state index in [1.54, 1.807) is 48.5 Å². The second-order valence-corrected chi connectivity index (χ2v) is 8.68. The van der Waals surface area contributed by atoms with Crippen LogP contribution in [0.2, 0.25) is 15.1 Å². The summed E-state index contributed by atoms with van der Waals surface area (Å²) in [6, 6.07) is 15.8. The minimum Gasteiger partial charge on any atom is -0.482 e. The molecule has 0 spiro atoms. The zero-order valence-corrected chi connectivity index (χ0v) is 20.2. The molecule has 3 aromatic carbocycles. The molecule has 0 saturated heterocycles. The molecule has 3 amide bonds. The summed E-state index contributed by atoms with van der Waals surface area (Å²) in [6.07, 6.45) is 0. The van der Waals surface area contributed by atoms with Crippen LogP contribution in [0.1, 0.15) is 20.7 Å². The van der Waals surface area contributed by atoms with Crippen LogP contribution in [-0.2, 0) is 4.79 Å². The molecule has 1 aliphatic heterocycles. The Balaban J connectivity index is 1.37. The molecule has 0 aliphatic carbocycles. The number of benzene rings is 3. The van der Waals surface area contributed by atoms with Gasteiger partial charge in [-0.2, -0.15) is 0 Å². The summed E-state index contributed by atoms with van der Waals surface area (Å²) >= 11 is 23.3. The van der Waals surface area contributed by atoms with Crippen LogP contribution in [0.5, 0.6) is 5.75 Å². The number of thiocarbonyl (C=S) groups is 1. The number of ether oxygens (including phenoxy) is 1. The second kappa shape index (κ2) is 9.99. The standard InChI is InChI=1S/C23H14Cl3N3O4S/c24-12-5-8-19(17(26)9-12)33-11-20(30)28-23(34)27-18-7-6-13(10-16(18)25)29-21(31)14-3-1-2-4-15(14)22(29)32/h1-10H,11H2,(H2,27,28,30,34). The topological polar surface area (TPSA) is 87.7 Å². The smallest absolute Gasteiger partial charge is 0.266 e. The zero-order valence-electron chi connectivity index (χ0n) is 17.1. The Morgan fingerprint density at radius 2 is 1.59 bits per heavy atom. The van der Waals surface area contributed by atoms with Crippen molar-refractivity contribution in [2.75, 3.05) is 16.8 Å². The summed E-state index contributed by atoms with van der Waals surface area (Å²) in [5.41, 5.74) is 1.34. The zero-order chi connectivity index (χ0) is 24.4. The monoisotopic (exact) mass is 533 g/mol. The minimum absolute atomic E-state index is 0.0221. The molecule has 0 fully saturated rings. The summed E-state index contributed by atoms with van der Waals surface area (Å²) in [5, 5.41) is 6.14. The maximum Gasteiger partial charge on any atom is 0.266 e. The van der Waals surface area contributed by atoms with Gasteiger partial charge < -0.3 is 10.1 Å². The highest BCUT2D eigenvalue weighted by Gasteiger charge is 2.36. The van der Waals surface area contributed by atoms with E-state index in [0.29, 0.717) is 33.3 Å². The molecule has 0 unspecified atom stereocenters. The molecule has 0 atom stereocenters. The molecule has 3 aromatic rings. The SMILES string of the molecule is O=C(COc1ccc(Cl)cc1Cl)NC(=S)Nc1ccc(N2C(=O)c3ccccc3C2=O)cc1Cl. The molecule has 0 radical (unpaired) electrons. The number of carbonyl (C=O) groups excluding carboxylic acids is 3. The van der Waals surface area contributed by atoms with Gasteiger partial charge >= 0.3 is 0 Å². The molecule has 0 bridgehead atoms. The van der Waals surface area contributed by atoms with Crippen LogP contribution in [0, 0.1) is 0 Å². The highest BCUT2D eigenvalue weighted by molar-refractivity contribution is 7.80. The quantitative estimate of drug-likeness (QED) is 0.339. The Morgan fingerprint density at radius 1 is 0.912 bits per heavy atom. The van der Waals surface area contributed by atoms with E-state index in [4.69, 9.17) is 51.8 Å². The normalized spacial score (nSPS) is 12.4. The van der Waals surface area contributed by atoms with Crippen molar-refractivity contribution < 1.29 is 19.1 Å². The number of carbonyl (C=O) groups is 3. The molecule has 0 aromatic heterocycles. The van der Waals surface area contributed by atoms with E-state index in [9.17, 15) is 14.4 Å². The largest absolute Gasteiger partial charge is 0.482 e. The number of anilines is 2. The Labute approximate surface area is 214 Å². The molecule has 1 heterocycles. The van der Waals surface area contributed by atoms with Gasteiger partial charge in [0.1, 0.15) is 5.75 Å². The van der Waals surface area contributed by atoms with Crippen LogP contribution in [0.4, 0.5) is 11.4 Å². The van der Waals surface area contributed by atoms with E-state index < -0.39 is 17.7 Å². The predicted octanol–water partition coefficient (Wildman–Crippen LogP) is 5.34. The van der Waals surface area contributed by atoms with E-state index in [2.05, 4.69) is 10.6 Å². The van der Waals surface area contributed by atoms with Crippen LogP contribution in [0.15, 0.2) is 60.7 Å². The third kappa shape index (κ3) is 5.00. The van der Waals surface area contributed by atoms with Crippen molar-refractivity contribution in [3.63, 3.8) is 0 Å². The molecule has 11 heteroatoms. The summed E-state index contributed by atoms with van der Waals surface area (Å²) in [4.78, 5) is 38.5. The van der Waals surface area contributed by atoms with Crippen molar-refractivity contribution in [3.05, 3.63) is 86.9 Å². The van der Waals surface area contributed by atoms with Crippen molar-refractivity contribution in [2.45, 2.75) is 0 Å². The van der Waals surface area contributed by atoms with Crippen LogP contribution in [0.25, 0.3) is 0 Å². The number of amides is 3. The van der Waals surface area contributed by atoms with Crippen molar-refractivity contribution in [1.29, 1.82) is 0 Å². The first kappa shape index (κ1) is 24.0. The van der Waals surface area contributed by atoms with Crippen LogP contribution >= 0.6 is 47.0 Å². The van der Waals surface area contributed by atoms with Gasteiger partial charge in [-0.1, -0.05) is 46.9 Å². The average molecular weight is 535 g/mol. The van der Waals surface area contributed by atoms with E-state index in [1.165, 1.54) is 12.1 Å². The highest BCUT2D eigenvalue weighted by Crippen LogP contribution is 2.33. The summed E-state index contributed by atoms with van der Waals surface area (Å²) in [7, 11) is 0. The number of halogens is 3. The number of imide groups is 1. The summed E-state index contributed by atoms with van der Waals surface area (Å²) < 4.78 is 5.36. The van der Waals surface area contributed by atoms with Gasteiger partial charge in [-0.25, -0.2) is 4.90 Å². The lowest BCUT2D eigenvalue weighted by atomic mass is 10.1. The number of rotatable bonds is 5. The fourth-order valence-corrected chi connectivity index (χ4v) is 4.13. The minimum atomic E-state index is -0.526. The van der Waals surface area contributed by atoms with Gasteiger partial charge in [0.15, 0.2) is 11.7 Å². The lowest BCUT2D eigenvalue weighted by Gasteiger charge is -2.16. The van der Waals surface area contributed by atoms with Crippen LogP contribution in [0.3, 0.4) is 0 Å². The molecular weight excluding hydrogens is 521 g/mol. The Morgan fingerprint density at radius 3 is 2.21 bits per heavy atom. The average Bonchev–Trinajstić information content (AvgIpc) is 3.05. The van der Waals surface area contributed by atoms with E-state index in [1.807, 2.05) is 0 Å². The van der Waals surface area contributed by atoms with Gasteiger partial charge in [0, 0.05) is 5.02 Å². The Bertz CT molecular complexity index is 1310. The Hall–Kier alpha value is -3.17. The molecule has 4 rings (SSSR count). The maximum atomic E-state index is 12.7. The first-order valence-corrected chi connectivity index (χ1v) is 11.2. The fourth-order valence-electron chi connectivity index (χ4n) is 3.22. The molecule has 2 N–H and O–H groups in total. The van der Waals surface area contributed by atoms with Crippen LogP contribution < -0.4 is 20.3 Å². The van der Waals surface area contributed by atoms with E-state index >= 15 is 0 Å². The third-order valence-electron chi connectivity index (χ3n) is 4.76. The lowest BCUT2D eigenvalue weighted by molar-refractivity contribution is -0.121. The molecule has 172 valence electrons. The number of nitrogens with one attached hydrogen (secondary N) is 2. The Kier molecular flexibility index (Phi) is 7.04. The first-order chi connectivity index (χ1) is 16.2. The summed E-state index contributed by atoms with van der Waals surface area (Å²) in [6.45, 7) is -0.338. The van der Waals surface area contributed by atoms with Crippen molar-refractivity contribution in [1.82, 2.24) is 5.32 Å². The lowest BCUT2D eigenvalue weighted by Crippen LogP contribution is -2.37. The van der Waals surface area contributed by atoms with Crippen molar-refractivity contribution >= 4 is 81.2 Å². The van der Waals surface area contributed by atoms with E-state index in [0.717, 1.165) is 4.90 Å². The van der Waals surface area contributed by atoms with Gasteiger partial charge in [-0.15, -0.1) is 0 Å². The molecule has 0 saturated carbocycles. The molecular formula is C23H14Cl3N3O4S. The van der Waals surface area contributed by atoms with Gasteiger partial charge in [-0.05, 0) is 60.7 Å². The van der Waals surface area contributed by atoms with Crippen LogP contribution in [-0.4, -0.2) is 29.4 Å². The third-order valence-corrected chi connectivity index (χ3v) is 5.81.